The molecule has 0 saturated carbocycles. The number of para-hydroxylation sites is 1. The Balaban J connectivity index is 1.53. The summed E-state index contributed by atoms with van der Waals surface area (Å²) in [6.45, 7) is 1.31. The molecule has 4 rings (SSSR count). The Labute approximate surface area is 220 Å². The predicted molar refractivity (Wildman–Crippen MR) is 134 cm³/mol. The Hall–Kier alpha value is -4.61. The zero-order chi connectivity index (χ0) is 28.3. The fourth-order valence-electron chi connectivity index (χ4n) is 4.08. The van der Waals surface area contributed by atoms with Crippen LogP contribution >= 0.6 is 0 Å². The molecule has 2 atom stereocenters. The fourth-order valence-corrected chi connectivity index (χ4v) is 4.08. The molecule has 0 aliphatic carbocycles. The first kappa shape index (κ1) is 27.4. The molecular formula is C27H23F4N5O3. The molecule has 2 aromatic carbocycles. The molecule has 8 nitrogen and oxygen atoms in total. The SMILES string of the molecule is C[C@H](NC(=O)Cc1ccc(F)cc1C(F)(F)F)C(=O)NC1N=C(c2ccccn2)c2ccccc2N(C)C1=O. The van der Waals surface area contributed by atoms with Crippen LogP contribution in [0.4, 0.5) is 23.2 Å². The molecule has 39 heavy (non-hydrogen) atoms. The molecule has 1 unspecified atom stereocenters. The van der Waals surface area contributed by atoms with Crippen LogP contribution in [0.5, 0.6) is 0 Å². The van der Waals surface area contributed by atoms with Crippen molar-refractivity contribution >= 4 is 29.1 Å². The number of hydrogen-bond acceptors (Lipinski definition) is 5. The van der Waals surface area contributed by atoms with Crippen molar-refractivity contribution in [3.63, 3.8) is 0 Å². The van der Waals surface area contributed by atoms with Crippen LogP contribution in [0.3, 0.4) is 0 Å². The van der Waals surface area contributed by atoms with Crippen molar-refractivity contribution < 1.29 is 31.9 Å². The smallest absolute Gasteiger partial charge is 0.344 e. The predicted octanol–water partition coefficient (Wildman–Crippen LogP) is 3.24. The van der Waals surface area contributed by atoms with Crippen molar-refractivity contribution in [3.05, 3.63) is 95.1 Å². The van der Waals surface area contributed by atoms with E-state index in [9.17, 15) is 31.9 Å². The molecule has 0 saturated heterocycles. The highest BCUT2D eigenvalue weighted by Gasteiger charge is 2.35. The Morgan fingerprint density at radius 1 is 1.08 bits per heavy atom. The number of rotatable bonds is 6. The summed E-state index contributed by atoms with van der Waals surface area (Å²) < 4.78 is 53.2. The maximum atomic E-state index is 13.4. The number of benzene rings is 2. The van der Waals surface area contributed by atoms with Gasteiger partial charge in [-0.05, 0) is 42.8 Å². The molecule has 202 valence electrons. The van der Waals surface area contributed by atoms with E-state index in [-0.39, 0.29) is 0 Å². The topological polar surface area (TPSA) is 104 Å². The standard InChI is InChI=1S/C27H23F4N5O3/c1-15(33-22(37)13-16-10-11-17(28)14-19(16)27(29,30)31)25(38)35-24-26(39)36(2)21-9-4-3-7-18(21)23(34-24)20-8-5-6-12-32-20/h3-12,14-15,24H,13H2,1-2H3,(H,33,37)(H,35,38)/t15-,24?/m0/s1. The second kappa shape index (κ2) is 11.0. The highest BCUT2D eigenvalue weighted by Crippen LogP contribution is 2.33. The lowest BCUT2D eigenvalue weighted by atomic mass is 10.0. The van der Waals surface area contributed by atoms with E-state index < -0.39 is 59.5 Å². The van der Waals surface area contributed by atoms with Gasteiger partial charge >= 0.3 is 6.18 Å². The van der Waals surface area contributed by atoms with Crippen LogP contribution in [0.15, 0.2) is 71.9 Å². The van der Waals surface area contributed by atoms with Crippen LogP contribution in [-0.4, -0.2) is 47.7 Å². The third-order valence-corrected chi connectivity index (χ3v) is 6.03. The number of anilines is 1. The molecule has 0 radical (unpaired) electrons. The maximum Gasteiger partial charge on any atom is 0.416 e. The quantitative estimate of drug-likeness (QED) is 0.468. The number of carbonyl (C=O) groups is 3. The average molecular weight is 542 g/mol. The largest absolute Gasteiger partial charge is 0.416 e. The number of fused-ring (bicyclic) bond motifs is 1. The monoisotopic (exact) mass is 541 g/mol. The lowest BCUT2D eigenvalue weighted by molar-refractivity contribution is -0.138. The number of alkyl halides is 3. The molecule has 3 aromatic rings. The number of hydrogen-bond donors (Lipinski definition) is 2. The fraction of sp³-hybridized carbons (Fsp3) is 0.222. The first-order valence-corrected chi connectivity index (χ1v) is 11.8. The molecule has 1 aliphatic rings. The summed E-state index contributed by atoms with van der Waals surface area (Å²) in [6, 6.07) is 13.0. The van der Waals surface area contributed by atoms with Crippen molar-refractivity contribution in [1.82, 2.24) is 15.6 Å². The third kappa shape index (κ3) is 6.11. The van der Waals surface area contributed by atoms with Gasteiger partial charge in [-0.3, -0.25) is 19.4 Å². The summed E-state index contributed by atoms with van der Waals surface area (Å²) in [5.74, 6) is -3.34. The maximum absolute atomic E-state index is 13.4. The van der Waals surface area contributed by atoms with Crippen LogP contribution in [0.2, 0.25) is 0 Å². The lowest BCUT2D eigenvalue weighted by Gasteiger charge is -2.22. The lowest BCUT2D eigenvalue weighted by Crippen LogP contribution is -2.52. The van der Waals surface area contributed by atoms with Gasteiger partial charge in [-0.15, -0.1) is 0 Å². The van der Waals surface area contributed by atoms with E-state index in [4.69, 9.17) is 0 Å². The van der Waals surface area contributed by atoms with Gasteiger partial charge in [0.1, 0.15) is 11.9 Å². The zero-order valence-corrected chi connectivity index (χ0v) is 20.8. The van der Waals surface area contributed by atoms with Gasteiger partial charge in [-0.1, -0.05) is 30.3 Å². The molecule has 0 fully saturated rings. The van der Waals surface area contributed by atoms with Crippen LogP contribution < -0.4 is 15.5 Å². The highest BCUT2D eigenvalue weighted by atomic mass is 19.4. The number of nitrogens with one attached hydrogen (secondary N) is 2. The summed E-state index contributed by atoms with van der Waals surface area (Å²) in [5.41, 5.74) is 0.264. The van der Waals surface area contributed by atoms with Crippen molar-refractivity contribution in [3.8, 4) is 0 Å². The van der Waals surface area contributed by atoms with E-state index in [2.05, 4.69) is 20.6 Å². The van der Waals surface area contributed by atoms with Gasteiger partial charge in [0.25, 0.3) is 5.91 Å². The summed E-state index contributed by atoms with van der Waals surface area (Å²) in [4.78, 5) is 48.8. The number of nitrogens with zero attached hydrogens (tertiary/aromatic N) is 3. The highest BCUT2D eigenvalue weighted by molar-refractivity contribution is 6.19. The van der Waals surface area contributed by atoms with Crippen LogP contribution in [0, 0.1) is 5.82 Å². The van der Waals surface area contributed by atoms with Crippen molar-refractivity contribution in [2.45, 2.75) is 31.7 Å². The van der Waals surface area contributed by atoms with Gasteiger partial charge in [0.2, 0.25) is 18.0 Å². The summed E-state index contributed by atoms with van der Waals surface area (Å²) >= 11 is 0. The number of amides is 3. The number of pyridine rings is 1. The van der Waals surface area contributed by atoms with E-state index in [0.29, 0.717) is 28.7 Å². The molecule has 1 aromatic heterocycles. The van der Waals surface area contributed by atoms with Gasteiger partial charge in [0.15, 0.2) is 0 Å². The van der Waals surface area contributed by atoms with Crippen LogP contribution in [-0.2, 0) is 27.0 Å². The summed E-state index contributed by atoms with van der Waals surface area (Å²) in [5, 5.41) is 4.81. The van der Waals surface area contributed by atoms with E-state index in [1.54, 1.807) is 48.7 Å². The zero-order valence-electron chi connectivity index (χ0n) is 20.8. The van der Waals surface area contributed by atoms with E-state index in [1.165, 1.54) is 18.9 Å². The van der Waals surface area contributed by atoms with Gasteiger partial charge in [-0.2, -0.15) is 13.2 Å². The van der Waals surface area contributed by atoms with E-state index in [0.717, 1.165) is 12.1 Å². The second-order valence-corrected chi connectivity index (χ2v) is 8.78. The first-order chi connectivity index (χ1) is 18.5. The van der Waals surface area contributed by atoms with Gasteiger partial charge in [0.05, 0.1) is 29.1 Å². The average Bonchev–Trinajstić information content (AvgIpc) is 3.00. The third-order valence-electron chi connectivity index (χ3n) is 6.03. The molecule has 0 spiro atoms. The van der Waals surface area contributed by atoms with Crippen LogP contribution in [0.25, 0.3) is 0 Å². The molecule has 2 heterocycles. The first-order valence-electron chi connectivity index (χ1n) is 11.8. The van der Waals surface area contributed by atoms with Gasteiger partial charge < -0.3 is 15.5 Å². The minimum absolute atomic E-state index is 0.308. The Kier molecular flexibility index (Phi) is 7.75. The summed E-state index contributed by atoms with van der Waals surface area (Å²) in [7, 11) is 1.53. The molecule has 0 bridgehead atoms. The van der Waals surface area contributed by atoms with Crippen molar-refractivity contribution in [2.75, 3.05) is 11.9 Å². The van der Waals surface area contributed by atoms with E-state index >= 15 is 0 Å². The van der Waals surface area contributed by atoms with Gasteiger partial charge in [-0.25, -0.2) is 9.38 Å². The van der Waals surface area contributed by atoms with Crippen molar-refractivity contribution in [1.29, 1.82) is 0 Å². The number of aliphatic imine (C=N–C) groups is 1. The number of carbonyl (C=O) groups excluding carboxylic acids is 3. The second-order valence-electron chi connectivity index (χ2n) is 8.78. The number of aromatic nitrogens is 1. The number of benzodiazepines with no additional fused rings is 1. The summed E-state index contributed by atoms with van der Waals surface area (Å²) in [6.07, 6.45) is -5.42. The Bertz CT molecular complexity index is 1440. The van der Waals surface area contributed by atoms with Crippen molar-refractivity contribution in [2.24, 2.45) is 4.99 Å². The molecule has 12 heteroatoms. The molecule has 1 aliphatic heterocycles. The van der Waals surface area contributed by atoms with Crippen LogP contribution in [0.1, 0.15) is 29.3 Å². The number of likely N-dealkylation sites (N-methyl/N-ethyl adjacent to an activating group) is 1. The number of halogens is 4. The molecule has 2 N–H and O–H groups in total. The van der Waals surface area contributed by atoms with E-state index in [1.807, 2.05) is 0 Å². The Morgan fingerprint density at radius 2 is 1.79 bits per heavy atom. The minimum Gasteiger partial charge on any atom is -0.344 e. The normalized spacial score (nSPS) is 16.1. The molecule has 3 amide bonds. The molecular weight excluding hydrogens is 518 g/mol. The minimum atomic E-state index is -4.87. The van der Waals surface area contributed by atoms with Gasteiger partial charge in [0, 0.05) is 18.8 Å². The Morgan fingerprint density at radius 3 is 2.49 bits per heavy atom.